The molecule has 1 unspecified atom stereocenters. The van der Waals surface area contributed by atoms with Crippen LogP contribution in [0.15, 0.2) is 48.5 Å². The number of rotatable bonds is 3. The van der Waals surface area contributed by atoms with Crippen LogP contribution >= 0.6 is 11.6 Å². The lowest BCUT2D eigenvalue weighted by molar-refractivity contribution is 0.112. The van der Waals surface area contributed by atoms with Gasteiger partial charge in [-0.2, -0.15) is 0 Å². The molecule has 0 fully saturated rings. The van der Waals surface area contributed by atoms with Crippen molar-refractivity contribution in [3.8, 4) is 5.75 Å². The van der Waals surface area contributed by atoms with E-state index in [1.807, 2.05) is 18.2 Å². The fourth-order valence-electron chi connectivity index (χ4n) is 3.16. The molecule has 1 N–H and O–H groups in total. The summed E-state index contributed by atoms with van der Waals surface area (Å²) in [4.78, 5) is 15.7. The summed E-state index contributed by atoms with van der Waals surface area (Å²) < 4.78 is 5.06. The van der Waals surface area contributed by atoms with E-state index in [9.17, 15) is 4.79 Å². The highest BCUT2D eigenvalue weighted by molar-refractivity contribution is 6.18. The maximum absolute atomic E-state index is 10.5. The van der Waals surface area contributed by atoms with Crippen LogP contribution in [0.5, 0.6) is 5.75 Å². The Balaban J connectivity index is 0.000000146. The molecule has 4 rings (SSSR count). The van der Waals surface area contributed by atoms with E-state index in [0.29, 0.717) is 11.6 Å². The lowest BCUT2D eigenvalue weighted by Crippen LogP contribution is -2.15. The van der Waals surface area contributed by atoms with Crippen LogP contribution in [-0.2, 0) is 0 Å². The summed E-state index contributed by atoms with van der Waals surface area (Å²) in [6.45, 7) is 1.06. The molecule has 5 heteroatoms. The number of ether oxygens (including phenoxy) is 1. The number of halogens is 1. The maximum atomic E-state index is 10.5. The number of hydrogen-bond donors (Lipinski definition) is 1. The number of benzene rings is 2. The van der Waals surface area contributed by atoms with Crippen LogP contribution in [0.1, 0.15) is 22.0 Å². The first-order chi connectivity index (χ1) is 12.2. The van der Waals surface area contributed by atoms with Gasteiger partial charge in [-0.05, 0) is 35.9 Å². The van der Waals surface area contributed by atoms with Gasteiger partial charge in [-0.1, -0.05) is 18.2 Å². The van der Waals surface area contributed by atoms with Gasteiger partial charge in [0.1, 0.15) is 5.75 Å². The number of nitrogens with one attached hydrogen (secondary N) is 1. The molecule has 0 saturated heterocycles. The van der Waals surface area contributed by atoms with E-state index in [-0.39, 0.29) is 0 Å². The van der Waals surface area contributed by atoms with Gasteiger partial charge >= 0.3 is 0 Å². The van der Waals surface area contributed by atoms with Gasteiger partial charge in [0.15, 0.2) is 6.29 Å². The van der Waals surface area contributed by atoms with Crippen molar-refractivity contribution in [3.63, 3.8) is 0 Å². The molecule has 2 aromatic carbocycles. The highest BCUT2D eigenvalue weighted by Crippen LogP contribution is 2.35. The van der Waals surface area contributed by atoms with Gasteiger partial charge in [-0.15, -0.1) is 11.6 Å². The molecule has 4 nitrogen and oxygen atoms in total. The first kappa shape index (κ1) is 17.4. The number of carbonyl (C=O) groups excluding carboxylic acids is 1. The van der Waals surface area contributed by atoms with Gasteiger partial charge in [0.05, 0.1) is 12.8 Å². The van der Waals surface area contributed by atoms with Crippen molar-refractivity contribution >= 4 is 34.5 Å². The van der Waals surface area contributed by atoms with Gasteiger partial charge in [0, 0.05) is 42.0 Å². The maximum Gasteiger partial charge on any atom is 0.166 e. The first-order valence-corrected chi connectivity index (χ1v) is 8.67. The number of methoxy groups -OCH3 is 1. The van der Waals surface area contributed by atoms with E-state index < -0.39 is 0 Å². The minimum Gasteiger partial charge on any atom is -0.497 e. The second kappa shape index (κ2) is 7.62. The van der Waals surface area contributed by atoms with Gasteiger partial charge in [0.25, 0.3) is 0 Å². The van der Waals surface area contributed by atoms with Crippen molar-refractivity contribution in [2.45, 2.75) is 5.92 Å². The molecular formula is C20H21ClN2O2. The van der Waals surface area contributed by atoms with Crippen molar-refractivity contribution in [2.75, 3.05) is 31.5 Å². The molecule has 25 heavy (non-hydrogen) atoms. The molecule has 0 spiro atoms. The molecule has 0 aliphatic carbocycles. The van der Waals surface area contributed by atoms with E-state index in [4.69, 9.17) is 16.3 Å². The average molecular weight is 357 g/mol. The van der Waals surface area contributed by atoms with Crippen molar-refractivity contribution in [1.82, 2.24) is 4.98 Å². The Morgan fingerprint density at radius 2 is 2.08 bits per heavy atom. The normalized spacial score (nSPS) is 15.5. The Bertz CT molecular complexity index is 875. The Labute approximate surface area is 152 Å². The van der Waals surface area contributed by atoms with Crippen LogP contribution in [-0.4, -0.2) is 37.9 Å². The molecule has 130 valence electrons. The van der Waals surface area contributed by atoms with E-state index in [1.54, 1.807) is 13.2 Å². The van der Waals surface area contributed by atoms with E-state index in [1.165, 1.54) is 11.3 Å². The summed E-state index contributed by atoms with van der Waals surface area (Å²) >= 11 is 5.87. The van der Waals surface area contributed by atoms with Crippen molar-refractivity contribution in [2.24, 2.45) is 0 Å². The molecule has 1 atom stereocenters. The number of aldehydes is 1. The predicted octanol–water partition coefficient (Wildman–Crippen LogP) is 4.45. The molecule has 0 radical (unpaired) electrons. The third-order valence-corrected chi connectivity index (χ3v) is 4.82. The molecule has 0 bridgehead atoms. The minimum absolute atomic E-state index is 0.521. The Morgan fingerprint density at radius 3 is 2.80 bits per heavy atom. The van der Waals surface area contributed by atoms with Crippen molar-refractivity contribution in [3.05, 3.63) is 59.8 Å². The van der Waals surface area contributed by atoms with Crippen LogP contribution in [0.2, 0.25) is 0 Å². The number of fused-ring (bicyclic) bond motifs is 2. The molecule has 0 amide bonds. The number of aromatic nitrogens is 1. The van der Waals surface area contributed by atoms with Gasteiger partial charge in [-0.25, -0.2) is 0 Å². The molecule has 0 saturated carbocycles. The lowest BCUT2D eigenvalue weighted by Gasteiger charge is -2.10. The number of anilines is 1. The summed E-state index contributed by atoms with van der Waals surface area (Å²) in [6, 6.07) is 15.9. The minimum atomic E-state index is 0.521. The zero-order chi connectivity index (χ0) is 17.8. The van der Waals surface area contributed by atoms with Gasteiger partial charge < -0.3 is 14.6 Å². The average Bonchev–Trinajstić information content (AvgIpc) is 3.22. The highest BCUT2D eigenvalue weighted by Gasteiger charge is 2.24. The Kier molecular flexibility index (Phi) is 5.29. The van der Waals surface area contributed by atoms with E-state index in [0.717, 1.165) is 35.4 Å². The van der Waals surface area contributed by atoms with Crippen LogP contribution < -0.4 is 9.64 Å². The number of H-pyrrole nitrogens is 1. The number of para-hydroxylation sites is 1. The van der Waals surface area contributed by atoms with E-state index in [2.05, 4.69) is 41.2 Å². The second-order valence-electron chi connectivity index (χ2n) is 6.09. The number of hydrogen-bond acceptors (Lipinski definition) is 3. The largest absolute Gasteiger partial charge is 0.497 e. The Morgan fingerprint density at radius 1 is 1.28 bits per heavy atom. The molecule has 1 aliphatic heterocycles. The third kappa shape index (κ3) is 3.64. The second-order valence-corrected chi connectivity index (χ2v) is 6.39. The molecule has 1 aliphatic rings. The van der Waals surface area contributed by atoms with E-state index >= 15 is 0 Å². The fraction of sp³-hybridized carbons (Fsp3) is 0.250. The van der Waals surface area contributed by atoms with Crippen LogP contribution in [0.3, 0.4) is 0 Å². The summed E-state index contributed by atoms with van der Waals surface area (Å²) in [6.07, 6.45) is 0.798. The number of carbonyl (C=O) groups is 1. The summed E-state index contributed by atoms with van der Waals surface area (Å²) in [5.74, 6) is 2.04. The number of alkyl halides is 1. The number of likely N-dealkylation sites (N-methyl/N-ethyl adjacent to an activating group) is 1. The summed E-state index contributed by atoms with van der Waals surface area (Å²) in [5.41, 5.74) is 4.27. The smallest absolute Gasteiger partial charge is 0.166 e. The summed E-state index contributed by atoms with van der Waals surface area (Å²) in [5, 5.41) is 0.987. The van der Waals surface area contributed by atoms with Crippen molar-refractivity contribution in [1.29, 1.82) is 0 Å². The summed E-state index contributed by atoms with van der Waals surface area (Å²) in [7, 11) is 3.74. The topological polar surface area (TPSA) is 45.3 Å². The monoisotopic (exact) mass is 356 g/mol. The van der Waals surface area contributed by atoms with Crippen molar-refractivity contribution < 1.29 is 9.53 Å². The quantitative estimate of drug-likeness (QED) is 0.557. The van der Waals surface area contributed by atoms with Gasteiger partial charge in [-0.3, -0.25) is 4.79 Å². The Hall–Kier alpha value is -2.46. The zero-order valence-electron chi connectivity index (χ0n) is 14.3. The number of aromatic amines is 1. The van der Waals surface area contributed by atoms with Crippen LogP contribution in [0.4, 0.5) is 5.69 Å². The third-order valence-electron chi connectivity index (χ3n) is 4.44. The predicted molar refractivity (Wildman–Crippen MR) is 103 cm³/mol. The molecule has 1 aromatic heterocycles. The fourth-order valence-corrected chi connectivity index (χ4v) is 3.43. The van der Waals surface area contributed by atoms with Crippen LogP contribution in [0, 0.1) is 0 Å². The highest BCUT2D eigenvalue weighted by atomic mass is 35.5. The first-order valence-electron chi connectivity index (χ1n) is 8.14. The lowest BCUT2D eigenvalue weighted by atomic mass is 10.0. The zero-order valence-corrected chi connectivity index (χ0v) is 15.1. The SMILES string of the molecule is CN1CC(CCl)c2ccccc21.COc1ccc2[nH]c(C=O)cc2c1. The van der Waals surface area contributed by atoms with Crippen LogP contribution in [0.25, 0.3) is 10.9 Å². The standard InChI is InChI=1S/C10H12ClN.C10H9NO2/c1-12-7-8(6-11)9-4-2-3-5-10(9)12;1-13-9-2-3-10-7(5-9)4-8(6-12)11-10/h2-5,8H,6-7H2,1H3;2-6,11H,1H3. The van der Waals surface area contributed by atoms with Gasteiger partial charge in [0.2, 0.25) is 0 Å². The number of nitrogens with zero attached hydrogens (tertiary/aromatic N) is 1. The molecule has 2 heterocycles. The molecular weight excluding hydrogens is 336 g/mol. The molecule has 3 aromatic rings.